The van der Waals surface area contributed by atoms with Gasteiger partial charge in [0.15, 0.2) is 0 Å². The van der Waals surface area contributed by atoms with Crippen molar-refractivity contribution >= 4 is 52.1 Å². The van der Waals surface area contributed by atoms with Crippen LogP contribution in [0.3, 0.4) is 0 Å². The smallest absolute Gasteiger partial charge is 0.253 e. The van der Waals surface area contributed by atoms with Crippen molar-refractivity contribution in [2.45, 2.75) is 64.0 Å². The Balaban J connectivity index is 0.778. The SMILES string of the molecule is C[C@@H]1CC2(CCN(c3ccc(C(=O)N4CCC(CN5CCN(c6cccc(NC7CCC(=O)NC7=O)c6)CC5)CC4)cc3F)CC2)CN1c1ccc(C#N)c(Cl)c1. The molecule has 2 atom stereocenters. The zero-order valence-electron chi connectivity index (χ0n) is 32.7. The topological polar surface area (TPSA) is 115 Å². The third-order valence-corrected chi connectivity index (χ3v) is 13.4. The van der Waals surface area contributed by atoms with Gasteiger partial charge in [-0.3, -0.25) is 24.6 Å². The first-order chi connectivity index (χ1) is 27.6. The zero-order valence-corrected chi connectivity index (χ0v) is 33.4. The fourth-order valence-electron chi connectivity index (χ4n) is 9.80. The molecule has 3 aromatic carbocycles. The van der Waals surface area contributed by atoms with Gasteiger partial charge in [0.25, 0.3) is 5.91 Å². The maximum atomic E-state index is 15.7. The van der Waals surface area contributed by atoms with Gasteiger partial charge >= 0.3 is 0 Å². The first-order valence-corrected chi connectivity index (χ1v) is 20.9. The van der Waals surface area contributed by atoms with Crippen LogP contribution in [0.1, 0.15) is 67.8 Å². The van der Waals surface area contributed by atoms with Gasteiger partial charge in [0.05, 0.1) is 16.3 Å². The van der Waals surface area contributed by atoms with Crippen LogP contribution in [0.25, 0.3) is 0 Å². The van der Waals surface area contributed by atoms with Crippen molar-refractivity contribution in [2.24, 2.45) is 11.3 Å². The maximum absolute atomic E-state index is 15.7. The van der Waals surface area contributed by atoms with E-state index in [-0.39, 0.29) is 29.0 Å². The van der Waals surface area contributed by atoms with Crippen LogP contribution >= 0.6 is 11.6 Å². The van der Waals surface area contributed by atoms with Gasteiger partial charge in [0.2, 0.25) is 11.8 Å². The molecule has 0 radical (unpaired) electrons. The Labute approximate surface area is 339 Å². The summed E-state index contributed by atoms with van der Waals surface area (Å²) in [4.78, 5) is 48.6. The number of piperazine rings is 1. The van der Waals surface area contributed by atoms with Crippen molar-refractivity contribution in [1.82, 2.24) is 15.1 Å². The third-order valence-electron chi connectivity index (χ3n) is 13.1. The van der Waals surface area contributed by atoms with Gasteiger partial charge < -0.3 is 24.9 Å². The fourth-order valence-corrected chi connectivity index (χ4v) is 10.0. The Bertz CT molecular complexity index is 2030. The quantitative estimate of drug-likeness (QED) is 0.260. The number of imide groups is 1. The predicted molar refractivity (Wildman–Crippen MR) is 221 cm³/mol. The molecule has 8 rings (SSSR count). The summed E-state index contributed by atoms with van der Waals surface area (Å²) in [5.74, 6) is -0.405. The van der Waals surface area contributed by atoms with Gasteiger partial charge in [-0.25, -0.2) is 4.39 Å². The van der Waals surface area contributed by atoms with E-state index in [9.17, 15) is 19.6 Å². The third kappa shape index (κ3) is 8.56. The van der Waals surface area contributed by atoms with Crippen LogP contribution < -0.4 is 25.3 Å². The van der Waals surface area contributed by atoms with Crippen LogP contribution in [-0.4, -0.2) is 105 Å². The molecule has 13 heteroatoms. The van der Waals surface area contributed by atoms with Gasteiger partial charge in [-0.15, -0.1) is 0 Å². The molecule has 300 valence electrons. The fraction of sp³-hybridized carbons (Fsp3) is 0.500. The lowest BCUT2D eigenvalue weighted by Crippen LogP contribution is -2.49. The highest BCUT2D eigenvalue weighted by Crippen LogP contribution is 2.46. The monoisotopic (exact) mass is 794 g/mol. The summed E-state index contributed by atoms with van der Waals surface area (Å²) in [6.07, 6.45) is 5.69. The molecule has 1 unspecified atom stereocenters. The van der Waals surface area contributed by atoms with E-state index in [1.165, 1.54) is 6.07 Å². The minimum atomic E-state index is -0.407. The molecule has 2 N–H and O–H groups in total. The van der Waals surface area contributed by atoms with Crippen molar-refractivity contribution in [2.75, 3.05) is 85.5 Å². The molecule has 3 amide bonds. The first kappa shape index (κ1) is 39.0. The number of piperidine rings is 3. The number of nitriles is 1. The number of likely N-dealkylation sites (tertiary alicyclic amines) is 1. The van der Waals surface area contributed by atoms with E-state index in [1.54, 1.807) is 18.2 Å². The highest BCUT2D eigenvalue weighted by Gasteiger charge is 2.44. The number of halogens is 2. The molecule has 5 heterocycles. The lowest BCUT2D eigenvalue weighted by atomic mass is 9.76. The summed E-state index contributed by atoms with van der Waals surface area (Å²) >= 11 is 6.36. The van der Waals surface area contributed by atoms with Crippen molar-refractivity contribution in [3.8, 4) is 6.07 Å². The number of hydrogen-bond acceptors (Lipinski definition) is 9. The van der Waals surface area contributed by atoms with E-state index in [0.29, 0.717) is 59.7 Å². The summed E-state index contributed by atoms with van der Waals surface area (Å²) in [5.41, 5.74) is 4.65. The second-order valence-corrected chi connectivity index (χ2v) is 17.2. The second-order valence-electron chi connectivity index (χ2n) is 16.8. The number of anilines is 4. The number of carbonyl (C=O) groups is 3. The number of benzene rings is 3. The van der Waals surface area contributed by atoms with E-state index >= 15 is 4.39 Å². The molecule has 0 saturated carbocycles. The summed E-state index contributed by atoms with van der Waals surface area (Å²) in [5, 5.41) is 15.5. The molecule has 5 aliphatic heterocycles. The maximum Gasteiger partial charge on any atom is 0.253 e. The molecule has 0 aliphatic carbocycles. The summed E-state index contributed by atoms with van der Waals surface area (Å²) in [6.45, 7) is 10.8. The van der Waals surface area contributed by atoms with Crippen molar-refractivity contribution in [3.05, 3.63) is 82.6 Å². The Hall–Kier alpha value is -4.86. The van der Waals surface area contributed by atoms with Gasteiger partial charge in [-0.05, 0) is 111 Å². The molecule has 0 aromatic heterocycles. The van der Waals surface area contributed by atoms with Crippen LogP contribution in [0, 0.1) is 28.5 Å². The first-order valence-electron chi connectivity index (χ1n) is 20.5. The van der Waals surface area contributed by atoms with Crippen LogP contribution in [0.5, 0.6) is 0 Å². The van der Waals surface area contributed by atoms with Crippen LogP contribution in [0.4, 0.5) is 27.1 Å². The average molecular weight is 795 g/mol. The Morgan fingerprint density at radius 2 is 1.70 bits per heavy atom. The van der Waals surface area contributed by atoms with Crippen LogP contribution in [0.2, 0.25) is 5.02 Å². The lowest BCUT2D eigenvalue weighted by Gasteiger charge is -2.40. The predicted octanol–water partition coefficient (Wildman–Crippen LogP) is 6.13. The van der Waals surface area contributed by atoms with Gasteiger partial charge in [-0.2, -0.15) is 5.26 Å². The molecule has 1 spiro atoms. The minimum Gasteiger partial charge on any atom is -0.374 e. The van der Waals surface area contributed by atoms with E-state index in [0.717, 1.165) is 102 Å². The molecule has 0 bridgehead atoms. The van der Waals surface area contributed by atoms with Gasteiger partial charge in [-0.1, -0.05) is 17.7 Å². The summed E-state index contributed by atoms with van der Waals surface area (Å²) in [7, 11) is 0. The molecule has 3 aromatic rings. The van der Waals surface area contributed by atoms with E-state index in [2.05, 4.69) is 55.4 Å². The van der Waals surface area contributed by atoms with E-state index in [1.807, 2.05) is 29.2 Å². The van der Waals surface area contributed by atoms with E-state index in [4.69, 9.17) is 11.6 Å². The van der Waals surface area contributed by atoms with Crippen molar-refractivity contribution in [1.29, 1.82) is 5.26 Å². The minimum absolute atomic E-state index is 0.0950. The Morgan fingerprint density at radius 1 is 0.930 bits per heavy atom. The summed E-state index contributed by atoms with van der Waals surface area (Å²) < 4.78 is 15.7. The number of nitrogens with one attached hydrogen (secondary N) is 2. The summed E-state index contributed by atoms with van der Waals surface area (Å²) in [6, 6.07) is 20.9. The van der Waals surface area contributed by atoms with Crippen LogP contribution in [0.15, 0.2) is 60.7 Å². The molecule has 5 aliphatic rings. The highest BCUT2D eigenvalue weighted by molar-refractivity contribution is 6.32. The van der Waals surface area contributed by atoms with Gasteiger partial charge in [0.1, 0.15) is 17.9 Å². The Kier molecular flexibility index (Phi) is 11.3. The second kappa shape index (κ2) is 16.5. The number of rotatable bonds is 8. The molecule has 5 fully saturated rings. The zero-order chi connectivity index (χ0) is 39.7. The molecule has 57 heavy (non-hydrogen) atoms. The number of carbonyl (C=O) groups excluding carboxylic acids is 3. The molecule has 5 saturated heterocycles. The standard InChI is InChI=1S/C44H52ClFN8O3/c1-30-26-44(29-54(30)36-7-5-33(27-47)37(45)25-36)13-17-52(18-14-44)40-9-6-32(23-38(40)46)43(57)53-15-11-31(12-16-53)28-50-19-21-51(22-20-50)35-4-2-3-34(24-35)48-39-8-10-41(55)49-42(39)56/h2-7,9,23-25,30-31,39,48H,8,10-22,26,28-29H2,1H3,(H,49,55,56)/t30-,39?/m1/s1. The Morgan fingerprint density at radius 3 is 2.40 bits per heavy atom. The van der Waals surface area contributed by atoms with Crippen molar-refractivity contribution < 1.29 is 18.8 Å². The number of hydrogen-bond donors (Lipinski definition) is 2. The highest BCUT2D eigenvalue weighted by atomic mass is 35.5. The molecular formula is C44H52ClFN8O3. The van der Waals surface area contributed by atoms with E-state index < -0.39 is 6.04 Å². The molecule has 11 nitrogen and oxygen atoms in total. The van der Waals surface area contributed by atoms with Crippen molar-refractivity contribution in [3.63, 3.8) is 0 Å². The van der Waals surface area contributed by atoms with Crippen LogP contribution in [-0.2, 0) is 9.59 Å². The number of amides is 3. The number of nitrogens with zero attached hydrogens (tertiary/aromatic N) is 6. The largest absolute Gasteiger partial charge is 0.374 e. The lowest BCUT2D eigenvalue weighted by molar-refractivity contribution is -0.133. The average Bonchev–Trinajstić information content (AvgIpc) is 3.54. The normalized spacial score (nSPS) is 23.1. The molecular weight excluding hydrogens is 743 g/mol. The van der Waals surface area contributed by atoms with Gasteiger partial charge in [0, 0.05) is 101 Å².